The summed E-state index contributed by atoms with van der Waals surface area (Å²) in [5.41, 5.74) is 2.74. The number of nitrogens with zero attached hydrogens (tertiary/aromatic N) is 1. The molecule has 0 saturated heterocycles. The Morgan fingerprint density at radius 3 is 3.11 bits per heavy atom. The van der Waals surface area contributed by atoms with Gasteiger partial charge in [-0.3, -0.25) is 9.89 Å². The second kappa shape index (κ2) is 4.10. The number of benzene rings is 1. The number of rotatable bonds is 3. The lowest BCUT2D eigenvalue weighted by atomic mass is 10.1. The third-order valence-corrected chi connectivity index (χ3v) is 2.98. The molecule has 2 heterocycles. The zero-order chi connectivity index (χ0) is 12.5. The number of H-pyrrole nitrogens is 2. The van der Waals surface area contributed by atoms with Crippen LogP contribution >= 0.6 is 0 Å². The Kier molecular flexibility index (Phi) is 2.44. The highest BCUT2D eigenvalue weighted by Crippen LogP contribution is 2.23. The van der Waals surface area contributed by atoms with Crippen molar-refractivity contribution in [2.75, 3.05) is 0 Å². The second-order valence-corrected chi connectivity index (χ2v) is 4.07. The van der Waals surface area contributed by atoms with Gasteiger partial charge in [-0.2, -0.15) is 5.10 Å². The van der Waals surface area contributed by atoms with Crippen molar-refractivity contribution in [3.05, 3.63) is 53.2 Å². The summed E-state index contributed by atoms with van der Waals surface area (Å²) in [6.07, 6.45) is 4.40. The largest absolute Gasteiger partial charge is 0.361 e. The zero-order valence-electron chi connectivity index (χ0n) is 9.40. The van der Waals surface area contributed by atoms with E-state index in [0.717, 1.165) is 17.4 Å². The Hall–Kier alpha value is -2.43. The first-order valence-electron chi connectivity index (χ1n) is 5.51. The molecule has 0 aliphatic rings. The van der Waals surface area contributed by atoms with E-state index in [1.54, 1.807) is 12.3 Å². The van der Waals surface area contributed by atoms with Crippen LogP contribution in [0.15, 0.2) is 30.6 Å². The summed E-state index contributed by atoms with van der Waals surface area (Å²) in [6.45, 7) is 0. The third-order valence-electron chi connectivity index (χ3n) is 2.98. The van der Waals surface area contributed by atoms with Gasteiger partial charge < -0.3 is 4.98 Å². The lowest BCUT2D eigenvalue weighted by Crippen LogP contribution is -1.93. The normalized spacial score (nSPS) is 10.9. The van der Waals surface area contributed by atoms with Gasteiger partial charge in [0.05, 0.1) is 17.5 Å². The van der Waals surface area contributed by atoms with E-state index in [1.165, 1.54) is 12.3 Å². The minimum absolute atomic E-state index is 0.268. The molecule has 0 bridgehead atoms. The molecule has 2 aromatic heterocycles. The van der Waals surface area contributed by atoms with Crippen LogP contribution in [0.4, 0.5) is 4.39 Å². The molecule has 0 spiro atoms. The van der Waals surface area contributed by atoms with Crippen LogP contribution in [0, 0.1) is 5.82 Å². The number of hydrogen-bond donors (Lipinski definition) is 2. The zero-order valence-corrected chi connectivity index (χ0v) is 9.40. The highest BCUT2D eigenvalue weighted by molar-refractivity contribution is 5.84. The monoisotopic (exact) mass is 243 g/mol. The predicted octanol–water partition coefficient (Wildman–Crippen LogP) is 2.43. The maximum Gasteiger partial charge on any atom is 0.153 e. The molecule has 3 aromatic rings. The smallest absolute Gasteiger partial charge is 0.153 e. The molecule has 0 fully saturated rings. The Labute approximate surface area is 102 Å². The van der Waals surface area contributed by atoms with Crippen LogP contribution < -0.4 is 0 Å². The van der Waals surface area contributed by atoms with Crippen LogP contribution in [0.5, 0.6) is 0 Å². The number of aldehydes is 1. The molecule has 0 saturated carbocycles. The number of carbonyl (C=O) groups excluding carboxylic acids is 1. The molecule has 1 aromatic carbocycles. The fourth-order valence-electron chi connectivity index (χ4n) is 2.10. The molecular weight excluding hydrogens is 233 g/mol. The van der Waals surface area contributed by atoms with E-state index < -0.39 is 0 Å². The number of halogens is 1. The molecule has 2 N–H and O–H groups in total. The maximum atomic E-state index is 13.8. The summed E-state index contributed by atoms with van der Waals surface area (Å²) in [4.78, 5) is 13.8. The van der Waals surface area contributed by atoms with E-state index in [9.17, 15) is 9.18 Å². The lowest BCUT2D eigenvalue weighted by Gasteiger charge is -1.99. The SMILES string of the molecule is O=Cc1cn[nH]c1Cc1c[nH]c2cccc(F)c12. The van der Waals surface area contributed by atoms with Crippen LogP contribution in [0.25, 0.3) is 10.9 Å². The van der Waals surface area contributed by atoms with Gasteiger partial charge in [0.25, 0.3) is 0 Å². The van der Waals surface area contributed by atoms with Crippen molar-refractivity contribution < 1.29 is 9.18 Å². The highest BCUT2D eigenvalue weighted by Gasteiger charge is 2.11. The van der Waals surface area contributed by atoms with E-state index in [1.807, 2.05) is 6.07 Å². The van der Waals surface area contributed by atoms with Crippen LogP contribution in [-0.2, 0) is 6.42 Å². The highest BCUT2D eigenvalue weighted by atomic mass is 19.1. The van der Waals surface area contributed by atoms with Crippen molar-refractivity contribution in [2.45, 2.75) is 6.42 Å². The standard InChI is InChI=1S/C13H10FN3O/c14-10-2-1-3-11-13(10)8(5-15-11)4-12-9(7-18)6-16-17-12/h1-3,5-7,15H,4H2,(H,16,17). The van der Waals surface area contributed by atoms with Crippen molar-refractivity contribution in [3.8, 4) is 0 Å². The number of aromatic amines is 2. The molecule has 18 heavy (non-hydrogen) atoms. The molecule has 90 valence electrons. The van der Waals surface area contributed by atoms with Gasteiger partial charge in [0, 0.05) is 23.5 Å². The molecule has 0 aliphatic carbocycles. The lowest BCUT2D eigenvalue weighted by molar-refractivity contribution is 0.112. The second-order valence-electron chi connectivity index (χ2n) is 4.07. The number of nitrogens with one attached hydrogen (secondary N) is 2. The Morgan fingerprint density at radius 1 is 1.39 bits per heavy atom. The number of hydrogen-bond acceptors (Lipinski definition) is 2. The Bertz CT molecular complexity index is 714. The average Bonchev–Trinajstić information content (AvgIpc) is 2.97. The van der Waals surface area contributed by atoms with Crippen molar-refractivity contribution in [2.24, 2.45) is 0 Å². The van der Waals surface area contributed by atoms with Crippen LogP contribution in [0.1, 0.15) is 21.6 Å². The van der Waals surface area contributed by atoms with Crippen LogP contribution in [0.2, 0.25) is 0 Å². The predicted molar refractivity (Wildman–Crippen MR) is 65.0 cm³/mol. The summed E-state index contributed by atoms with van der Waals surface area (Å²) in [6, 6.07) is 4.90. The molecule has 0 amide bonds. The molecular formula is C13H10FN3O. The molecule has 5 heteroatoms. The van der Waals surface area contributed by atoms with Gasteiger partial charge >= 0.3 is 0 Å². The van der Waals surface area contributed by atoms with Crippen molar-refractivity contribution in [3.63, 3.8) is 0 Å². The van der Waals surface area contributed by atoms with Gasteiger partial charge in [0.1, 0.15) is 5.82 Å². The van der Waals surface area contributed by atoms with Crippen LogP contribution in [-0.4, -0.2) is 21.5 Å². The minimum Gasteiger partial charge on any atom is -0.361 e. The van der Waals surface area contributed by atoms with Crippen molar-refractivity contribution in [1.29, 1.82) is 0 Å². The first kappa shape index (κ1) is 10.7. The summed E-state index contributed by atoms with van der Waals surface area (Å²) in [5.74, 6) is -0.268. The first-order chi connectivity index (χ1) is 8.79. The first-order valence-corrected chi connectivity index (χ1v) is 5.51. The summed E-state index contributed by atoms with van der Waals surface area (Å²) < 4.78 is 13.8. The average molecular weight is 243 g/mol. The summed E-state index contributed by atoms with van der Waals surface area (Å²) in [7, 11) is 0. The number of aromatic nitrogens is 3. The van der Waals surface area contributed by atoms with Crippen molar-refractivity contribution in [1.82, 2.24) is 15.2 Å². The van der Waals surface area contributed by atoms with Crippen LogP contribution in [0.3, 0.4) is 0 Å². The van der Waals surface area contributed by atoms with E-state index in [-0.39, 0.29) is 5.82 Å². The molecule has 4 nitrogen and oxygen atoms in total. The van der Waals surface area contributed by atoms with E-state index >= 15 is 0 Å². The topological polar surface area (TPSA) is 61.5 Å². The number of fused-ring (bicyclic) bond motifs is 1. The quantitative estimate of drug-likeness (QED) is 0.694. The fourth-order valence-corrected chi connectivity index (χ4v) is 2.10. The van der Waals surface area contributed by atoms with E-state index in [2.05, 4.69) is 15.2 Å². The molecule has 0 atom stereocenters. The molecule has 0 aliphatic heterocycles. The summed E-state index contributed by atoms with van der Waals surface area (Å²) >= 11 is 0. The molecule has 3 rings (SSSR count). The van der Waals surface area contributed by atoms with E-state index in [0.29, 0.717) is 23.1 Å². The van der Waals surface area contributed by atoms with Gasteiger partial charge in [-0.25, -0.2) is 4.39 Å². The van der Waals surface area contributed by atoms with E-state index in [4.69, 9.17) is 0 Å². The molecule has 0 unspecified atom stereocenters. The van der Waals surface area contributed by atoms with Gasteiger partial charge in [-0.05, 0) is 17.7 Å². The third kappa shape index (κ3) is 1.60. The fraction of sp³-hybridized carbons (Fsp3) is 0.0769. The maximum absolute atomic E-state index is 13.8. The van der Waals surface area contributed by atoms with Gasteiger partial charge in [-0.1, -0.05) is 6.07 Å². The van der Waals surface area contributed by atoms with Gasteiger partial charge in [-0.15, -0.1) is 0 Å². The Balaban J connectivity index is 2.08. The number of carbonyl (C=O) groups is 1. The van der Waals surface area contributed by atoms with Gasteiger partial charge in [0.2, 0.25) is 0 Å². The summed E-state index contributed by atoms with van der Waals surface area (Å²) in [5, 5.41) is 7.14. The molecule has 0 radical (unpaired) electrons. The Morgan fingerprint density at radius 2 is 2.28 bits per heavy atom. The minimum atomic E-state index is -0.268. The van der Waals surface area contributed by atoms with Crippen molar-refractivity contribution >= 4 is 17.2 Å². The van der Waals surface area contributed by atoms with Gasteiger partial charge in [0.15, 0.2) is 6.29 Å².